The lowest BCUT2D eigenvalue weighted by Gasteiger charge is -2.17. The van der Waals surface area contributed by atoms with Crippen LogP contribution in [0.3, 0.4) is 0 Å². The quantitative estimate of drug-likeness (QED) is 0.233. The van der Waals surface area contributed by atoms with Crippen LogP contribution in [-0.2, 0) is 0 Å². The maximum absolute atomic E-state index is 2.44. The molecular formula is C34H25N. The van der Waals surface area contributed by atoms with Crippen molar-refractivity contribution in [3.8, 4) is 16.8 Å². The number of benzene rings is 6. The number of aromatic nitrogens is 1. The summed E-state index contributed by atoms with van der Waals surface area (Å²) in [5.74, 6) is 0. The Morgan fingerprint density at radius 1 is 0.457 bits per heavy atom. The fraction of sp³-hybridized carbons (Fsp3) is 0.0588. The van der Waals surface area contributed by atoms with Gasteiger partial charge in [-0.05, 0) is 76.3 Å². The number of aryl methyl sites for hydroxylation is 2. The van der Waals surface area contributed by atoms with Crippen molar-refractivity contribution < 1.29 is 0 Å². The van der Waals surface area contributed by atoms with Crippen LogP contribution >= 0.6 is 0 Å². The Morgan fingerprint density at radius 2 is 1.03 bits per heavy atom. The molecule has 0 unspecified atom stereocenters. The lowest BCUT2D eigenvalue weighted by molar-refractivity contribution is 1.18. The van der Waals surface area contributed by atoms with E-state index in [1.807, 2.05) is 0 Å². The molecule has 0 amide bonds. The third-order valence-electron chi connectivity index (χ3n) is 7.45. The SMILES string of the molecule is Cc1cccc2c(-c3cccc4c5ccccc5n(-c5ccccc5)c34)c3cccc(C)c3cc12. The van der Waals surface area contributed by atoms with Gasteiger partial charge in [-0.1, -0.05) is 91.0 Å². The fourth-order valence-electron chi connectivity index (χ4n) is 5.83. The van der Waals surface area contributed by atoms with Gasteiger partial charge in [-0.15, -0.1) is 0 Å². The van der Waals surface area contributed by atoms with Gasteiger partial charge in [-0.2, -0.15) is 0 Å². The Hall–Kier alpha value is -4.36. The zero-order chi connectivity index (χ0) is 23.5. The molecule has 0 aliphatic carbocycles. The van der Waals surface area contributed by atoms with Crippen molar-refractivity contribution >= 4 is 43.4 Å². The van der Waals surface area contributed by atoms with Gasteiger partial charge in [0.25, 0.3) is 0 Å². The van der Waals surface area contributed by atoms with E-state index < -0.39 is 0 Å². The maximum Gasteiger partial charge on any atom is 0.0619 e. The average molecular weight is 448 g/mol. The molecule has 1 heteroatoms. The Balaban J connectivity index is 1.75. The lowest BCUT2D eigenvalue weighted by Crippen LogP contribution is -1.96. The molecule has 0 radical (unpaired) electrons. The van der Waals surface area contributed by atoms with Gasteiger partial charge in [0.15, 0.2) is 0 Å². The number of fused-ring (bicyclic) bond motifs is 5. The Labute approximate surface area is 204 Å². The summed E-state index contributed by atoms with van der Waals surface area (Å²) in [7, 11) is 0. The van der Waals surface area contributed by atoms with E-state index in [-0.39, 0.29) is 0 Å². The van der Waals surface area contributed by atoms with Gasteiger partial charge in [-0.25, -0.2) is 0 Å². The highest BCUT2D eigenvalue weighted by Gasteiger charge is 2.19. The van der Waals surface area contributed by atoms with Gasteiger partial charge in [0, 0.05) is 22.0 Å². The van der Waals surface area contributed by atoms with Crippen LogP contribution in [0.1, 0.15) is 11.1 Å². The molecule has 0 bridgehead atoms. The van der Waals surface area contributed by atoms with Crippen molar-refractivity contribution in [2.75, 3.05) is 0 Å². The second-order valence-corrected chi connectivity index (χ2v) is 9.48. The third kappa shape index (κ3) is 2.88. The van der Waals surface area contributed by atoms with E-state index in [4.69, 9.17) is 0 Å². The smallest absolute Gasteiger partial charge is 0.0619 e. The lowest BCUT2D eigenvalue weighted by atomic mass is 9.88. The predicted octanol–water partition coefficient (Wildman–Crippen LogP) is 9.37. The zero-order valence-electron chi connectivity index (χ0n) is 19.9. The summed E-state index contributed by atoms with van der Waals surface area (Å²) in [5.41, 5.74) is 8.89. The van der Waals surface area contributed by atoms with Crippen LogP contribution in [0, 0.1) is 13.8 Å². The van der Waals surface area contributed by atoms with E-state index >= 15 is 0 Å². The van der Waals surface area contributed by atoms with Gasteiger partial charge in [-0.3, -0.25) is 0 Å². The molecule has 35 heavy (non-hydrogen) atoms. The highest BCUT2D eigenvalue weighted by atomic mass is 15.0. The van der Waals surface area contributed by atoms with Crippen LogP contribution in [0.4, 0.5) is 0 Å². The van der Waals surface area contributed by atoms with Gasteiger partial charge in [0.1, 0.15) is 0 Å². The second-order valence-electron chi connectivity index (χ2n) is 9.48. The summed E-state index contributed by atoms with van der Waals surface area (Å²) >= 11 is 0. The van der Waals surface area contributed by atoms with Crippen molar-refractivity contribution in [3.63, 3.8) is 0 Å². The molecule has 0 saturated carbocycles. The molecule has 7 aromatic rings. The largest absolute Gasteiger partial charge is 0.309 e. The summed E-state index contributed by atoms with van der Waals surface area (Å²) in [6.07, 6.45) is 0. The normalized spacial score (nSPS) is 11.7. The molecule has 0 atom stereocenters. The molecule has 1 heterocycles. The maximum atomic E-state index is 2.44. The van der Waals surface area contributed by atoms with Crippen LogP contribution < -0.4 is 0 Å². The Kier molecular flexibility index (Phi) is 4.34. The molecule has 166 valence electrons. The number of rotatable bonds is 2. The first-order chi connectivity index (χ1) is 17.2. The van der Waals surface area contributed by atoms with E-state index in [2.05, 4.69) is 134 Å². The topological polar surface area (TPSA) is 4.93 Å². The van der Waals surface area contributed by atoms with Gasteiger partial charge < -0.3 is 4.57 Å². The van der Waals surface area contributed by atoms with Crippen LogP contribution in [0.2, 0.25) is 0 Å². The Morgan fingerprint density at radius 3 is 1.74 bits per heavy atom. The Bertz CT molecular complexity index is 1850. The predicted molar refractivity (Wildman–Crippen MR) is 151 cm³/mol. The summed E-state index contributed by atoms with van der Waals surface area (Å²) in [6.45, 7) is 4.44. The fourth-order valence-corrected chi connectivity index (χ4v) is 5.83. The molecule has 0 N–H and O–H groups in total. The zero-order valence-corrected chi connectivity index (χ0v) is 19.9. The van der Waals surface area contributed by atoms with E-state index in [0.29, 0.717) is 0 Å². The molecule has 7 rings (SSSR count). The minimum Gasteiger partial charge on any atom is -0.309 e. The number of hydrogen-bond acceptors (Lipinski definition) is 0. The third-order valence-corrected chi connectivity index (χ3v) is 7.45. The summed E-state index contributed by atoms with van der Waals surface area (Å²) < 4.78 is 2.44. The minimum atomic E-state index is 1.18. The van der Waals surface area contributed by atoms with Crippen molar-refractivity contribution in [2.45, 2.75) is 13.8 Å². The first-order valence-corrected chi connectivity index (χ1v) is 12.2. The molecule has 1 aromatic heterocycles. The minimum absolute atomic E-state index is 1.18. The van der Waals surface area contributed by atoms with E-state index in [1.165, 1.54) is 71.3 Å². The van der Waals surface area contributed by atoms with Crippen LogP contribution in [0.25, 0.3) is 60.2 Å². The highest BCUT2D eigenvalue weighted by Crippen LogP contribution is 2.44. The number of hydrogen-bond donors (Lipinski definition) is 0. The van der Waals surface area contributed by atoms with E-state index in [0.717, 1.165) is 0 Å². The molecule has 1 nitrogen and oxygen atoms in total. The van der Waals surface area contributed by atoms with Crippen LogP contribution in [-0.4, -0.2) is 4.57 Å². The summed E-state index contributed by atoms with van der Waals surface area (Å²) in [5, 5.41) is 7.82. The molecule has 0 fully saturated rings. The van der Waals surface area contributed by atoms with Crippen molar-refractivity contribution in [1.82, 2.24) is 4.57 Å². The van der Waals surface area contributed by atoms with Gasteiger partial charge >= 0.3 is 0 Å². The van der Waals surface area contributed by atoms with Gasteiger partial charge in [0.2, 0.25) is 0 Å². The number of nitrogens with zero attached hydrogens (tertiary/aromatic N) is 1. The van der Waals surface area contributed by atoms with Gasteiger partial charge in [0.05, 0.1) is 11.0 Å². The molecule has 6 aromatic carbocycles. The molecular weight excluding hydrogens is 422 g/mol. The van der Waals surface area contributed by atoms with E-state index in [9.17, 15) is 0 Å². The highest BCUT2D eigenvalue weighted by molar-refractivity contribution is 6.21. The molecule has 0 aliphatic heterocycles. The van der Waals surface area contributed by atoms with E-state index in [1.54, 1.807) is 0 Å². The first kappa shape index (κ1) is 20.1. The summed E-state index contributed by atoms with van der Waals surface area (Å²) in [6, 6.07) is 42.1. The van der Waals surface area contributed by atoms with Crippen molar-refractivity contribution in [3.05, 3.63) is 126 Å². The monoisotopic (exact) mass is 447 g/mol. The molecule has 0 aliphatic rings. The van der Waals surface area contributed by atoms with Crippen molar-refractivity contribution in [2.24, 2.45) is 0 Å². The van der Waals surface area contributed by atoms with Crippen molar-refractivity contribution in [1.29, 1.82) is 0 Å². The van der Waals surface area contributed by atoms with Crippen LogP contribution in [0.5, 0.6) is 0 Å². The average Bonchev–Trinajstić information content (AvgIpc) is 3.24. The van der Waals surface area contributed by atoms with Crippen LogP contribution in [0.15, 0.2) is 115 Å². The molecule has 0 saturated heterocycles. The molecule has 0 spiro atoms. The number of para-hydroxylation sites is 3. The first-order valence-electron chi connectivity index (χ1n) is 12.2. The standard InChI is InChI=1S/C34H25N/c1-22-11-8-16-26-30(22)21-31-23(2)12-9-17-27(31)33(26)29-19-10-18-28-25-15-6-7-20-32(25)35(34(28)29)24-13-4-3-5-14-24/h3-21H,1-2H3. The second kappa shape index (κ2) is 7.58. The summed E-state index contributed by atoms with van der Waals surface area (Å²) in [4.78, 5) is 0.